The van der Waals surface area contributed by atoms with Gasteiger partial charge in [-0.25, -0.2) is 0 Å². The summed E-state index contributed by atoms with van der Waals surface area (Å²) < 4.78 is 0. The maximum absolute atomic E-state index is 11.8. The second kappa shape index (κ2) is 5.07. The zero-order valence-corrected chi connectivity index (χ0v) is 10.7. The first-order chi connectivity index (χ1) is 8.08. The van der Waals surface area contributed by atoms with Crippen molar-refractivity contribution in [1.82, 2.24) is 10.2 Å². The third kappa shape index (κ3) is 3.20. The largest absolute Gasteiger partial charge is 0.353 e. The van der Waals surface area contributed by atoms with Crippen molar-refractivity contribution in [3.63, 3.8) is 0 Å². The average molecular weight is 238 g/mol. The molecule has 0 bridgehead atoms. The summed E-state index contributed by atoms with van der Waals surface area (Å²) in [5, 5.41) is 3.05. The molecule has 2 aliphatic rings. The van der Waals surface area contributed by atoms with Crippen molar-refractivity contribution in [2.45, 2.75) is 45.6 Å². The number of rotatable bonds is 3. The fourth-order valence-electron chi connectivity index (χ4n) is 2.20. The molecule has 1 heterocycles. The minimum absolute atomic E-state index is 0.0427. The Bertz CT molecular complexity index is 303. The van der Waals surface area contributed by atoms with E-state index in [2.05, 4.69) is 5.32 Å². The predicted octanol–water partition coefficient (Wildman–Crippen LogP) is 1.16. The summed E-state index contributed by atoms with van der Waals surface area (Å²) in [7, 11) is 0. The summed E-state index contributed by atoms with van der Waals surface area (Å²) in [6.45, 7) is 5.42. The zero-order valence-electron chi connectivity index (χ0n) is 10.7. The molecule has 1 saturated heterocycles. The van der Waals surface area contributed by atoms with Crippen LogP contribution in [0, 0.1) is 11.8 Å². The standard InChI is InChI=1S/C13H22N2O2/c1-9(2)12(16)14-11-5-7-15(8-6-11)13(17)10-3-4-10/h9-11H,3-8H2,1-2H3,(H,14,16). The van der Waals surface area contributed by atoms with E-state index < -0.39 is 0 Å². The first-order valence-electron chi connectivity index (χ1n) is 6.67. The highest BCUT2D eigenvalue weighted by atomic mass is 16.2. The topological polar surface area (TPSA) is 49.4 Å². The summed E-state index contributed by atoms with van der Waals surface area (Å²) >= 11 is 0. The van der Waals surface area contributed by atoms with Gasteiger partial charge in [-0.05, 0) is 25.7 Å². The Labute approximate surface area is 103 Å². The minimum atomic E-state index is 0.0427. The molecule has 96 valence electrons. The monoisotopic (exact) mass is 238 g/mol. The lowest BCUT2D eigenvalue weighted by molar-refractivity contribution is -0.133. The van der Waals surface area contributed by atoms with Gasteiger partial charge in [0, 0.05) is 31.0 Å². The third-order valence-corrected chi connectivity index (χ3v) is 3.60. The van der Waals surface area contributed by atoms with Gasteiger partial charge in [-0.1, -0.05) is 13.8 Å². The molecule has 0 aromatic rings. The van der Waals surface area contributed by atoms with Crippen LogP contribution >= 0.6 is 0 Å². The molecule has 0 radical (unpaired) electrons. The highest BCUT2D eigenvalue weighted by molar-refractivity contribution is 5.81. The van der Waals surface area contributed by atoms with E-state index in [1.807, 2.05) is 18.7 Å². The lowest BCUT2D eigenvalue weighted by Gasteiger charge is -2.32. The number of piperidine rings is 1. The van der Waals surface area contributed by atoms with Crippen LogP contribution in [0.3, 0.4) is 0 Å². The Morgan fingerprint density at radius 1 is 1.12 bits per heavy atom. The van der Waals surface area contributed by atoms with Crippen molar-refractivity contribution in [2.75, 3.05) is 13.1 Å². The quantitative estimate of drug-likeness (QED) is 0.802. The van der Waals surface area contributed by atoms with E-state index in [0.29, 0.717) is 11.8 Å². The number of amides is 2. The number of likely N-dealkylation sites (tertiary alicyclic amines) is 1. The molecule has 2 amide bonds. The van der Waals surface area contributed by atoms with Crippen molar-refractivity contribution >= 4 is 11.8 Å². The molecule has 1 aliphatic carbocycles. The zero-order chi connectivity index (χ0) is 12.4. The second-order valence-corrected chi connectivity index (χ2v) is 5.54. The van der Waals surface area contributed by atoms with E-state index in [4.69, 9.17) is 0 Å². The molecule has 1 N–H and O–H groups in total. The van der Waals surface area contributed by atoms with Gasteiger partial charge < -0.3 is 10.2 Å². The smallest absolute Gasteiger partial charge is 0.225 e. The molecule has 0 atom stereocenters. The van der Waals surface area contributed by atoms with E-state index >= 15 is 0 Å². The molecule has 4 nitrogen and oxygen atoms in total. The van der Waals surface area contributed by atoms with Gasteiger partial charge in [0.1, 0.15) is 0 Å². The Morgan fingerprint density at radius 2 is 1.71 bits per heavy atom. The van der Waals surface area contributed by atoms with Crippen LogP contribution in [-0.2, 0) is 9.59 Å². The van der Waals surface area contributed by atoms with Crippen LogP contribution in [0.4, 0.5) is 0 Å². The maximum Gasteiger partial charge on any atom is 0.225 e. The number of hydrogen-bond donors (Lipinski definition) is 1. The van der Waals surface area contributed by atoms with Gasteiger partial charge in [0.25, 0.3) is 0 Å². The molecule has 1 aliphatic heterocycles. The summed E-state index contributed by atoms with van der Waals surface area (Å²) in [4.78, 5) is 25.4. The van der Waals surface area contributed by atoms with Crippen molar-refractivity contribution in [2.24, 2.45) is 11.8 Å². The van der Waals surface area contributed by atoms with Crippen molar-refractivity contribution in [1.29, 1.82) is 0 Å². The number of hydrogen-bond acceptors (Lipinski definition) is 2. The van der Waals surface area contributed by atoms with Gasteiger partial charge in [0.05, 0.1) is 0 Å². The molecule has 0 unspecified atom stereocenters. The molecule has 0 spiro atoms. The molecule has 17 heavy (non-hydrogen) atoms. The molecule has 0 aromatic heterocycles. The number of nitrogens with zero attached hydrogens (tertiary/aromatic N) is 1. The molecular formula is C13H22N2O2. The molecule has 1 saturated carbocycles. The summed E-state index contributed by atoms with van der Waals surface area (Å²) in [5.41, 5.74) is 0. The number of carbonyl (C=O) groups is 2. The van der Waals surface area contributed by atoms with Gasteiger partial charge >= 0.3 is 0 Å². The van der Waals surface area contributed by atoms with Crippen molar-refractivity contribution in [3.8, 4) is 0 Å². The molecule has 4 heteroatoms. The number of carbonyl (C=O) groups excluding carboxylic acids is 2. The Kier molecular flexibility index (Phi) is 3.69. The lowest BCUT2D eigenvalue weighted by atomic mass is 10.0. The van der Waals surface area contributed by atoms with Crippen LogP contribution in [0.5, 0.6) is 0 Å². The van der Waals surface area contributed by atoms with Crippen LogP contribution in [-0.4, -0.2) is 35.8 Å². The fraction of sp³-hybridized carbons (Fsp3) is 0.846. The Morgan fingerprint density at radius 3 is 2.18 bits per heavy atom. The summed E-state index contributed by atoms with van der Waals surface area (Å²) in [6.07, 6.45) is 3.94. The van der Waals surface area contributed by atoms with Gasteiger partial charge in [-0.15, -0.1) is 0 Å². The molecule has 0 aromatic carbocycles. The fourth-order valence-corrected chi connectivity index (χ4v) is 2.20. The van der Waals surface area contributed by atoms with Gasteiger partial charge in [-0.2, -0.15) is 0 Å². The average Bonchev–Trinajstić information content (AvgIpc) is 3.13. The normalized spacial score (nSPS) is 21.7. The highest BCUT2D eigenvalue weighted by Gasteiger charge is 2.35. The van der Waals surface area contributed by atoms with E-state index in [1.54, 1.807) is 0 Å². The first kappa shape index (κ1) is 12.4. The van der Waals surface area contributed by atoms with E-state index in [0.717, 1.165) is 38.8 Å². The summed E-state index contributed by atoms with van der Waals surface area (Å²) in [5.74, 6) is 0.813. The first-order valence-corrected chi connectivity index (χ1v) is 6.67. The Hall–Kier alpha value is -1.06. The van der Waals surface area contributed by atoms with E-state index in [1.165, 1.54) is 0 Å². The van der Waals surface area contributed by atoms with Crippen LogP contribution in [0.2, 0.25) is 0 Å². The van der Waals surface area contributed by atoms with E-state index in [9.17, 15) is 9.59 Å². The minimum Gasteiger partial charge on any atom is -0.353 e. The summed E-state index contributed by atoms with van der Waals surface area (Å²) in [6, 6.07) is 0.258. The number of nitrogens with one attached hydrogen (secondary N) is 1. The van der Waals surface area contributed by atoms with Crippen molar-refractivity contribution in [3.05, 3.63) is 0 Å². The predicted molar refractivity (Wildman–Crippen MR) is 65.3 cm³/mol. The SMILES string of the molecule is CC(C)C(=O)NC1CCN(C(=O)C2CC2)CC1. The lowest BCUT2D eigenvalue weighted by Crippen LogP contribution is -2.47. The van der Waals surface area contributed by atoms with Crippen LogP contribution in [0.15, 0.2) is 0 Å². The van der Waals surface area contributed by atoms with Crippen LogP contribution in [0.1, 0.15) is 39.5 Å². The molecule has 2 rings (SSSR count). The Balaban J connectivity index is 1.74. The maximum atomic E-state index is 11.8. The third-order valence-electron chi connectivity index (χ3n) is 3.60. The second-order valence-electron chi connectivity index (χ2n) is 5.54. The molecule has 2 fully saturated rings. The van der Waals surface area contributed by atoms with E-state index in [-0.39, 0.29) is 17.9 Å². The van der Waals surface area contributed by atoms with Crippen LogP contribution in [0.25, 0.3) is 0 Å². The highest BCUT2D eigenvalue weighted by Crippen LogP contribution is 2.31. The van der Waals surface area contributed by atoms with Crippen molar-refractivity contribution < 1.29 is 9.59 Å². The van der Waals surface area contributed by atoms with Gasteiger partial charge in [0.2, 0.25) is 11.8 Å². The van der Waals surface area contributed by atoms with Gasteiger partial charge in [-0.3, -0.25) is 9.59 Å². The van der Waals surface area contributed by atoms with Crippen LogP contribution < -0.4 is 5.32 Å². The molecular weight excluding hydrogens is 216 g/mol. The van der Waals surface area contributed by atoms with Gasteiger partial charge in [0.15, 0.2) is 0 Å².